The van der Waals surface area contributed by atoms with Crippen LogP contribution in [0.2, 0.25) is 0 Å². The second-order valence-electron chi connectivity index (χ2n) is 13.9. The van der Waals surface area contributed by atoms with Gasteiger partial charge in [-0.15, -0.1) is 0 Å². The van der Waals surface area contributed by atoms with E-state index in [0.29, 0.717) is 5.82 Å². The minimum Gasteiger partial charge on any atom is -0.456 e. The lowest BCUT2D eigenvalue weighted by atomic mass is 9.97. The molecular formula is C50H30N4O. The smallest absolute Gasteiger partial charge is 0.160 e. The first-order valence-corrected chi connectivity index (χ1v) is 18.4. The van der Waals surface area contributed by atoms with Crippen LogP contribution in [0.3, 0.4) is 0 Å². The van der Waals surface area contributed by atoms with Gasteiger partial charge in [-0.05, 0) is 64.2 Å². The molecule has 11 aromatic rings. The largest absolute Gasteiger partial charge is 0.456 e. The first-order chi connectivity index (χ1) is 27.2. The summed E-state index contributed by atoms with van der Waals surface area (Å²) in [7, 11) is 0. The van der Waals surface area contributed by atoms with E-state index in [2.05, 4.69) is 133 Å². The molecule has 3 heterocycles. The monoisotopic (exact) mass is 702 g/mol. The van der Waals surface area contributed by atoms with Crippen LogP contribution in [0.15, 0.2) is 186 Å². The maximum atomic E-state index is 6.14. The fourth-order valence-corrected chi connectivity index (χ4v) is 7.73. The van der Waals surface area contributed by atoms with Crippen LogP contribution in [0.4, 0.5) is 0 Å². The van der Waals surface area contributed by atoms with Gasteiger partial charge < -0.3 is 4.42 Å². The molecule has 8 aromatic carbocycles. The Labute approximate surface area is 316 Å². The van der Waals surface area contributed by atoms with Crippen molar-refractivity contribution in [2.75, 3.05) is 0 Å². The highest BCUT2D eigenvalue weighted by Gasteiger charge is 2.15. The van der Waals surface area contributed by atoms with Gasteiger partial charge in [-0.25, -0.2) is 19.9 Å². The Hall–Kier alpha value is -7.50. The van der Waals surface area contributed by atoms with Crippen molar-refractivity contribution in [2.45, 2.75) is 0 Å². The molecule has 0 aliphatic heterocycles. The third kappa shape index (κ3) is 5.41. The maximum Gasteiger partial charge on any atom is 0.160 e. The Morgan fingerprint density at radius 1 is 0.309 bits per heavy atom. The number of aromatic nitrogens is 4. The number of para-hydroxylation sites is 3. The number of hydrogen-bond donors (Lipinski definition) is 0. The van der Waals surface area contributed by atoms with Crippen molar-refractivity contribution < 1.29 is 4.42 Å². The molecule has 5 heteroatoms. The molecule has 0 atom stereocenters. The fraction of sp³-hybridized carbons (Fsp3) is 0. The molecule has 0 amide bonds. The van der Waals surface area contributed by atoms with Crippen molar-refractivity contribution in [3.8, 4) is 56.0 Å². The van der Waals surface area contributed by atoms with Crippen molar-refractivity contribution in [3.63, 3.8) is 0 Å². The van der Waals surface area contributed by atoms with Gasteiger partial charge in [-0.2, -0.15) is 0 Å². The molecule has 0 saturated carbocycles. The van der Waals surface area contributed by atoms with Crippen LogP contribution >= 0.6 is 0 Å². The Morgan fingerprint density at radius 2 is 0.927 bits per heavy atom. The lowest BCUT2D eigenvalue weighted by molar-refractivity contribution is 0.669. The van der Waals surface area contributed by atoms with Gasteiger partial charge in [0, 0.05) is 38.9 Å². The third-order valence-electron chi connectivity index (χ3n) is 10.5. The summed E-state index contributed by atoms with van der Waals surface area (Å²) >= 11 is 0. The molecule has 3 aromatic heterocycles. The maximum absolute atomic E-state index is 6.14. The number of rotatable bonds is 5. The van der Waals surface area contributed by atoms with Crippen LogP contribution in [0, 0.1) is 0 Å². The summed E-state index contributed by atoms with van der Waals surface area (Å²) in [6.07, 6.45) is 0. The molecule has 5 nitrogen and oxygen atoms in total. The average Bonchev–Trinajstić information content (AvgIpc) is 3.62. The van der Waals surface area contributed by atoms with Crippen molar-refractivity contribution in [2.24, 2.45) is 0 Å². The van der Waals surface area contributed by atoms with Crippen molar-refractivity contribution in [1.29, 1.82) is 0 Å². The second-order valence-corrected chi connectivity index (χ2v) is 13.9. The summed E-state index contributed by atoms with van der Waals surface area (Å²) in [5.41, 5.74) is 15.5. The van der Waals surface area contributed by atoms with Gasteiger partial charge >= 0.3 is 0 Å². The van der Waals surface area contributed by atoms with E-state index in [1.54, 1.807) is 0 Å². The predicted molar refractivity (Wildman–Crippen MR) is 225 cm³/mol. The van der Waals surface area contributed by atoms with Crippen LogP contribution in [0.5, 0.6) is 0 Å². The van der Waals surface area contributed by atoms with E-state index in [1.165, 1.54) is 11.1 Å². The average molecular weight is 703 g/mol. The topological polar surface area (TPSA) is 64.7 Å². The first-order valence-electron chi connectivity index (χ1n) is 18.4. The highest BCUT2D eigenvalue weighted by molar-refractivity contribution is 6.10. The van der Waals surface area contributed by atoms with Crippen LogP contribution in [-0.4, -0.2) is 19.9 Å². The zero-order valence-corrected chi connectivity index (χ0v) is 29.5. The van der Waals surface area contributed by atoms with Crippen LogP contribution in [0.25, 0.3) is 111 Å². The quantitative estimate of drug-likeness (QED) is 0.167. The molecule has 0 N–H and O–H groups in total. The summed E-state index contributed by atoms with van der Waals surface area (Å²) in [6.45, 7) is 0. The van der Waals surface area contributed by atoms with Gasteiger partial charge in [0.2, 0.25) is 0 Å². The molecule has 0 aliphatic carbocycles. The zero-order valence-electron chi connectivity index (χ0n) is 29.5. The number of hydrogen-bond acceptors (Lipinski definition) is 5. The summed E-state index contributed by atoms with van der Waals surface area (Å²) < 4.78 is 6.14. The summed E-state index contributed by atoms with van der Waals surface area (Å²) in [6, 6.07) is 62.9. The lowest BCUT2D eigenvalue weighted by Crippen LogP contribution is -1.95. The van der Waals surface area contributed by atoms with E-state index >= 15 is 0 Å². The third-order valence-corrected chi connectivity index (χ3v) is 10.5. The summed E-state index contributed by atoms with van der Waals surface area (Å²) in [4.78, 5) is 20.5. The van der Waals surface area contributed by atoms with Crippen molar-refractivity contribution in [3.05, 3.63) is 182 Å². The zero-order chi connectivity index (χ0) is 36.3. The molecule has 0 unspecified atom stereocenters. The van der Waals surface area contributed by atoms with Crippen molar-refractivity contribution >= 4 is 54.9 Å². The molecule has 0 radical (unpaired) electrons. The lowest BCUT2D eigenvalue weighted by Gasteiger charge is -2.12. The number of nitrogens with zero attached hydrogens (tertiary/aromatic N) is 4. The van der Waals surface area contributed by atoms with Gasteiger partial charge in [0.05, 0.1) is 33.3 Å². The molecule has 55 heavy (non-hydrogen) atoms. The Kier molecular flexibility index (Phi) is 7.10. The van der Waals surface area contributed by atoms with Gasteiger partial charge in [-0.1, -0.05) is 140 Å². The predicted octanol–water partition coefficient (Wildman–Crippen LogP) is 13.0. The van der Waals surface area contributed by atoms with E-state index in [-0.39, 0.29) is 0 Å². The van der Waals surface area contributed by atoms with Crippen LogP contribution < -0.4 is 0 Å². The van der Waals surface area contributed by atoms with Gasteiger partial charge in [0.15, 0.2) is 5.82 Å². The van der Waals surface area contributed by atoms with E-state index < -0.39 is 0 Å². The summed E-state index contributed by atoms with van der Waals surface area (Å²) in [5, 5.41) is 3.14. The van der Waals surface area contributed by atoms with Crippen LogP contribution in [0.1, 0.15) is 0 Å². The number of furan rings is 1. The minimum atomic E-state index is 0.689. The Balaban J connectivity index is 0.980. The molecule has 0 saturated heterocycles. The second kappa shape index (κ2) is 12.6. The Morgan fingerprint density at radius 3 is 1.78 bits per heavy atom. The molecular weight excluding hydrogens is 673 g/mol. The van der Waals surface area contributed by atoms with Crippen molar-refractivity contribution in [1.82, 2.24) is 19.9 Å². The molecule has 0 spiro atoms. The molecule has 0 bridgehead atoms. The first kappa shape index (κ1) is 31.1. The van der Waals surface area contributed by atoms with E-state index in [1.807, 2.05) is 48.5 Å². The highest BCUT2D eigenvalue weighted by atomic mass is 16.3. The summed E-state index contributed by atoms with van der Waals surface area (Å²) in [5.74, 6) is 0.689. The molecule has 0 aliphatic rings. The molecule has 11 rings (SSSR count). The van der Waals surface area contributed by atoms with Gasteiger partial charge in [0.25, 0.3) is 0 Å². The number of fused-ring (bicyclic) bond motifs is 6. The fourth-order valence-electron chi connectivity index (χ4n) is 7.73. The van der Waals surface area contributed by atoms with Gasteiger partial charge in [-0.3, -0.25) is 0 Å². The van der Waals surface area contributed by atoms with E-state index in [4.69, 9.17) is 24.4 Å². The van der Waals surface area contributed by atoms with Gasteiger partial charge in [0.1, 0.15) is 11.2 Å². The minimum absolute atomic E-state index is 0.689. The van der Waals surface area contributed by atoms with E-state index in [0.717, 1.165) is 94.0 Å². The SMILES string of the molecule is c1ccc(-c2ccc(-c3nc(-c4cccc(-c5cccc(-c6cccc7nc8cc9oc%10ccccc%10c9cc8nc67)c5)c4)nc4ccccc34)cc2)cc1. The van der Waals surface area contributed by atoms with E-state index in [9.17, 15) is 0 Å². The molecule has 256 valence electrons. The standard InChI is InChI=1S/C50H30N4O/c1-2-11-31(12-3-1)32-23-25-33(26-24-32)48-40-18-4-6-20-42(40)53-50(54-48)37-16-9-14-35(28-37)34-13-8-15-36(27-34)38-19-10-21-43-49(38)52-44-29-41-39-17-5-7-22-46(39)55-47(41)30-45(44)51-43/h1-30H. The number of benzene rings is 8. The normalized spacial score (nSPS) is 11.6. The Bertz CT molecular complexity index is 3260. The molecule has 0 fully saturated rings. The highest BCUT2D eigenvalue weighted by Crippen LogP contribution is 2.36. The van der Waals surface area contributed by atoms with Crippen LogP contribution in [-0.2, 0) is 0 Å².